The van der Waals surface area contributed by atoms with E-state index in [1.807, 2.05) is 17.0 Å². The van der Waals surface area contributed by atoms with Crippen molar-refractivity contribution in [2.45, 2.75) is 33.1 Å². The second-order valence-electron chi connectivity index (χ2n) is 7.86. The molecule has 2 aliphatic heterocycles. The van der Waals surface area contributed by atoms with Crippen molar-refractivity contribution in [3.05, 3.63) is 24.3 Å². The Labute approximate surface area is 162 Å². The average molecular weight is 373 g/mol. The molecule has 2 aliphatic rings. The van der Waals surface area contributed by atoms with Crippen LogP contribution in [0.1, 0.15) is 33.1 Å². The van der Waals surface area contributed by atoms with Gasteiger partial charge >= 0.3 is 0 Å². The lowest BCUT2D eigenvalue weighted by Crippen LogP contribution is -2.48. The van der Waals surface area contributed by atoms with E-state index in [0.717, 1.165) is 57.4 Å². The van der Waals surface area contributed by atoms with Crippen molar-refractivity contribution in [3.63, 3.8) is 0 Å². The lowest BCUT2D eigenvalue weighted by Gasteiger charge is -2.34. The van der Waals surface area contributed by atoms with Crippen LogP contribution in [0.4, 0.5) is 11.4 Å². The van der Waals surface area contributed by atoms with Crippen molar-refractivity contribution < 1.29 is 9.59 Å². The number of hydrogen-bond acceptors (Lipinski definition) is 4. The minimum Gasteiger partial charge on any atom is -0.372 e. The quantitative estimate of drug-likeness (QED) is 0.862. The molecule has 0 aromatic heterocycles. The molecule has 0 radical (unpaired) electrons. The van der Waals surface area contributed by atoms with E-state index in [0.29, 0.717) is 6.42 Å². The second-order valence-corrected chi connectivity index (χ2v) is 7.86. The van der Waals surface area contributed by atoms with Crippen LogP contribution < -0.4 is 10.2 Å². The zero-order valence-electron chi connectivity index (χ0n) is 16.6. The number of carbonyl (C=O) groups excluding carboxylic acids is 2. The van der Waals surface area contributed by atoms with Gasteiger partial charge in [0.15, 0.2) is 0 Å². The van der Waals surface area contributed by atoms with Crippen molar-refractivity contribution >= 4 is 23.2 Å². The molecule has 0 atom stereocenters. The molecule has 1 aromatic rings. The van der Waals surface area contributed by atoms with Gasteiger partial charge in [-0.2, -0.15) is 0 Å². The van der Waals surface area contributed by atoms with Crippen molar-refractivity contribution in [1.82, 2.24) is 9.80 Å². The van der Waals surface area contributed by atoms with Crippen molar-refractivity contribution in [2.24, 2.45) is 5.92 Å². The first kappa shape index (κ1) is 19.7. The zero-order valence-corrected chi connectivity index (χ0v) is 16.6. The standard InChI is InChI=1S/C21H32N4O2/c1-17-7-11-25(12-8-17)20-5-3-19(4-6-20)22-21(27)9-10-23-13-15-24(16-14-23)18(2)26/h3-6,17H,7-16H2,1-2H3,(H,22,27). The molecular weight excluding hydrogens is 340 g/mol. The summed E-state index contributed by atoms with van der Waals surface area (Å²) in [5.74, 6) is 1.00. The van der Waals surface area contributed by atoms with E-state index in [1.54, 1.807) is 6.92 Å². The lowest BCUT2D eigenvalue weighted by atomic mass is 9.99. The summed E-state index contributed by atoms with van der Waals surface area (Å²) in [6.07, 6.45) is 2.98. The highest BCUT2D eigenvalue weighted by Gasteiger charge is 2.19. The van der Waals surface area contributed by atoms with Crippen molar-refractivity contribution in [1.29, 1.82) is 0 Å². The topological polar surface area (TPSA) is 55.9 Å². The van der Waals surface area contributed by atoms with Gasteiger partial charge in [-0.25, -0.2) is 0 Å². The van der Waals surface area contributed by atoms with Crippen LogP contribution in [0.25, 0.3) is 0 Å². The molecule has 0 bridgehead atoms. The zero-order chi connectivity index (χ0) is 19.2. The summed E-state index contributed by atoms with van der Waals surface area (Å²) in [6, 6.07) is 8.20. The summed E-state index contributed by atoms with van der Waals surface area (Å²) in [7, 11) is 0. The average Bonchev–Trinajstić information content (AvgIpc) is 2.68. The molecule has 27 heavy (non-hydrogen) atoms. The summed E-state index contributed by atoms with van der Waals surface area (Å²) < 4.78 is 0. The predicted molar refractivity (Wildman–Crippen MR) is 109 cm³/mol. The Hall–Kier alpha value is -2.08. The summed E-state index contributed by atoms with van der Waals surface area (Å²) in [5.41, 5.74) is 2.10. The van der Waals surface area contributed by atoms with E-state index in [2.05, 4.69) is 34.2 Å². The third-order valence-corrected chi connectivity index (χ3v) is 5.77. The summed E-state index contributed by atoms with van der Waals surface area (Å²) in [6.45, 7) is 10.1. The number of hydrogen-bond donors (Lipinski definition) is 1. The maximum atomic E-state index is 12.2. The molecule has 0 unspecified atom stereocenters. The Balaban J connectivity index is 1.40. The number of nitrogens with one attached hydrogen (secondary N) is 1. The molecule has 2 saturated heterocycles. The fourth-order valence-electron chi connectivity index (χ4n) is 3.79. The van der Waals surface area contributed by atoms with Crippen LogP contribution in [-0.2, 0) is 9.59 Å². The summed E-state index contributed by atoms with van der Waals surface area (Å²) in [4.78, 5) is 30.1. The largest absolute Gasteiger partial charge is 0.372 e. The number of nitrogens with zero attached hydrogens (tertiary/aromatic N) is 3. The maximum Gasteiger partial charge on any atom is 0.225 e. The fraction of sp³-hybridized carbons (Fsp3) is 0.619. The monoisotopic (exact) mass is 372 g/mol. The number of carbonyl (C=O) groups is 2. The molecule has 2 amide bonds. The third kappa shape index (κ3) is 5.70. The molecule has 0 saturated carbocycles. The summed E-state index contributed by atoms with van der Waals surface area (Å²) in [5, 5.41) is 3.00. The summed E-state index contributed by atoms with van der Waals surface area (Å²) >= 11 is 0. The molecule has 0 aliphatic carbocycles. The fourth-order valence-corrected chi connectivity index (χ4v) is 3.79. The first-order chi connectivity index (χ1) is 13.0. The normalized spacial score (nSPS) is 19.2. The molecule has 6 heteroatoms. The minimum atomic E-state index is 0.0449. The Bertz CT molecular complexity index is 630. The van der Waals surface area contributed by atoms with E-state index in [4.69, 9.17) is 0 Å². The van der Waals surface area contributed by atoms with E-state index in [-0.39, 0.29) is 11.8 Å². The van der Waals surface area contributed by atoms with Crippen LogP contribution in [0.2, 0.25) is 0 Å². The Morgan fingerprint density at radius 2 is 1.63 bits per heavy atom. The molecule has 148 valence electrons. The van der Waals surface area contributed by atoms with Crippen LogP contribution in [0.5, 0.6) is 0 Å². The van der Waals surface area contributed by atoms with E-state index < -0.39 is 0 Å². The van der Waals surface area contributed by atoms with Crippen molar-refractivity contribution in [2.75, 3.05) is 56.0 Å². The highest BCUT2D eigenvalue weighted by atomic mass is 16.2. The first-order valence-corrected chi connectivity index (χ1v) is 10.1. The van der Waals surface area contributed by atoms with Gasteiger partial charge in [0, 0.05) is 70.5 Å². The van der Waals surface area contributed by atoms with Crippen LogP contribution >= 0.6 is 0 Å². The van der Waals surface area contributed by atoms with Gasteiger partial charge in [-0.1, -0.05) is 6.92 Å². The Morgan fingerprint density at radius 1 is 1.00 bits per heavy atom. The van der Waals surface area contributed by atoms with Gasteiger partial charge < -0.3 is 15.1 Å². The van der Waals surface area contributed by atoms with Crippen LogP contribution in [0, 0.1) is 5.92 Å². The molecular formula is C21H32N4O2. The van der Waals surface area contributed by atoms with E-state index in [9.17, 15) is 9.59 Å². The number of anilines is 2. The number of piperazine rings is 1. The molecule has 3 rings (SSSR count). The molecule has 0 spiro atoms. The molecule has 2 heterocycles. The second kappa shape index (κ2) is 9.22. The highest BCUT2D eigenvalue weighted by molar-refractivity contribution is 5.91. The third-order valence-electron chi connectivity index (χ3n) is 5.77. The van der Waals surface area contributed by atoms with Crippen LogP contribution in [0.3, 0.4) is 0 Å². The molecule has 1 aromatic carbocycles. The number of benzene rings is 1. The van der Waals surface area contributed by atoms with Crippen LogP contribution in [-0.4, -0.2) is 67.4 Å². The molecule has 2 fully saturated rings. The van der Waals surface area contributed by atoms with Gasteiger partial charge in [0.25, 0.3) is 0 Å². The maximum absolute atomic E-state index is 12.2. The predicted octanol–water partition coefficient (Wildman–Crippen LogP) is 2.42. The van der Waals surface area contributed by atoms with Gasteiger partial charge in [0.05, 0.1) is 0 Å². The molecule has 6 nitrogen and oxygen atoms in total. The van der Waals surface area contributed by atoms with E-state index in [1.165, 1.54) is 18.5 Å². The van der Waals surface area contributed by atoms with Gasteiger partial charge in [-0.15, -0.1) is 0 Å². The number of amides is 2. The van der Waals surface area contributed by atoms with Gasteiger partial charge in [-0.05, 0) is 43.0 Å². The Kier molecular flexibility index (Phi) is 6.72. The SMILES string of the molecule is CC(=O)N1CCN(CCC(=O)Nc2ccc(N3CCC(C)CC3)cc2)CC1. The van der Waals surface area contributed by atoms with Gasteiger partial charge in [0.1, 0.15) is 0 Å². The van der Waals surface area contributed by atoms with Crippen LogP contribution in [0.15, 0.2) is 24.3 Å². The first-order valence-electron chi connectivity index (χ1n) is 10.1. The number of rotatable bonds is 5. The van der Waals surface area contributed by atoms with Gasteiger partial charge in [0.2, 0.25) is 11.8 Å². The Morgan fingerprint density at radius 3 is 2.22 bits per heavy atom. The highest BCUT2D eigenvalue weighted by Crippen LogP contribution is 2.24. The smallest absolute Gasteiger partial charge is 0.225 e. The molecule has 1 N–H and O–H groups in total. The lowest BCUT2D eigenvalue weighted by molar-refractivity contribution is -0.130. The minimum absolute atomic E-state index is 0.0449. The number of piperidine rings is 1. The van der Waals surface area contributed by atoms with E-state index >= 15 is 0 Å². The van der Waals surface area contributed by atoms with Crippen molar-refractivity contribution in [3.8, 4) is 0 Å². The van der Waals surface area contributed by atoms with Gasteiger partial charge in [-0.3, -0.25) is 14.5 Å².